The molecule has 1 heterocycles. The zero-order chi connectivity index (χ0) is 17.7. The second-order valence-electron chi connectivity index (χ2n) is 6.86. The quantitative estimate of drug-likeness (QED) is 0.528. The summed E-state index contributed by atoms with van der Waals surface area (Å²) in [4.78, 5) is 4.42. The zero-order valence-corrected chi connectivity index (χ0v) is 15.7. The topological polar surface area (TPSA) is 64.9 Å². The molecule has 0 saturated carbocycles. The van der Waals surface area contributed by atoms with E-state index in [0.29, 0.717) is 12.4 Å². The van der Waals surface area contributed by atoms with Crippen LogP contribution in [0.3, 0.4) is 0 Å². The molecule has 0 unspecified atom stereocenters. The van der Waals surface area contributed by atoms with E-state index in [2.05, 4.69) is 41.3 Å². The van der Waals surface area contributed by atoms with Crippen molar-refractivity contribution >= 4 is 0 Å². The minimum atomic E-state index is 0.651. The van der Waals surface area contributed by atoms with Gasteiger partial charge in [0.2, 0.25) is 5.89 Å². The molecule has 4 nitrogen and oxygen atoms in total. The maximum absolute atomic E-state index is 5.50. The van der Waals surface area contributed by atoms with Gasteiger partial charge in [-0.05, 0) is 36.9 Å². The van der Waals surface area contributed by atoms with E-state index in [0.717, 1.165) is 25.1 Å². The van der Waals surface area contributed by atoms with Gasteiger partial charge in [0.1, 0.15) is 0 Å². The van der Waals surface area contributed by atoms with Crippen molar-refractivity contribution in [1.82, 2.24) is 10.1 Å². The minimum Gasteiger partial charge on any atom is -0.339 e. The van der Waals surface area contributed by atoms with Gasteiger partial charge in [-0.25, -0.2) is 0 Å². The van der Waals surface area contributed by atoms with Gasteiger partial charge < -0.3 is 10.3 Å². The van der Waals surface area contributed by atoms with Gasteiger partial charge in [0, 0.05) is 12.8 Å². The normalized spacial score (nSPS) is 11.1. The monoisotopic (exact) mass is 343 g/mol. The van der Waals surface area contributed by atoms with E-state index in [1.807, 2.05) is 0 Å². The molecule has 0 radical (unpaired) electrons. The third kappa shape index (κ3) is 7.82. The Morgan fingerprint density at radius 2 is 1.52 bits per heavy atom. The third-order valence-corrected chi connectivity index (χ3v) is 4.56. The highest BCUT2D eigenvalue weighted by molar-refractivity contribution is 5.24. The predicted octanol–water partition coefficient (Wildman–Crippen LogP) is 4.84. The molecule has 0 amide bonds. The first-order chi connectivity index (χ1) is 12.3. The first-order valence-corrected chi connectivity index (χ1v) is 9.91. The van der Waals surface area contributed by atoms with Crippen molar-refractivity contribution in [2.75, 3.05) is 6.54 Å². The zero-order valence-electron chi connectivity index (χ0n) is 15.7. The lowest BCUT2D eigenvalue weighted by molar-refractivity contribution is 0.371. The van der Waals surface area contributed by atoms with E-state index in [1.165, 1.54) is 62.5 Å². The number of hydrogen-bond acceptors (Lipinski definition) is 4. The van der Waals surface area contributed by atoms with Crippen LogP contribution in [-0.2, 0) is 19.3 Å². The van der Waals surface area contributed by atoms with Gasteiger partial charge in [-0.3, -0.25) is 0 Å². The molecular weight excluding hydrogens is 310 g/mol. The van der Waals surface area contributed by atoms with Crippen LogP contribution in [0.5, 0.6) is 0 Å². The van der Waals surface area contributed by atoms with E-state index in [4.69, 9.17) is 10.3 Å². The lowest BCUT2D eigenvalue weighted by Gasteiger charge is -2.04. The molecule has 0 fully saturated rings. The molecule has 138 valence electrons. The summed E-state index contributed by atoms with van der Waals surface area (Å²) < 4.78 is 5.25. The van der Waals surface area contributed by atoms with E-state index in [9.17, 15) is 0 Å². The van der Waals surface area contributed by atoms with Crippen LogP contribution in [-0.4, -0.2) is 16.7 Å². The van der Waals surface area contributed by atoms with Crippen molar-refractivity contribution in [2.45, 2.75) is 77.6 Å². The molecule has 0 aliphatic carbocycles. The molecule has 0 aliphatic heterocycles. The SMILES string of the molecule is CCCCCCCCCc1ccc(Cc2noc(CCCN)n2)cc1. The number of nitrogens with two attached hydrogens (primary N) is 1. The molecule has 0 bridgehead atoms. The number of rotatable bonds is 13. The molecule has 1 aromatic heterocycles. The molecule has 0 atom stereocenters. The molecule has 0 saturated heterocycles. The van der Waals surface area contributed by atoms with Crippen molar-refractivity contribution in [3.63, 3.8) is 0 Å². The van der Waals surface area contributed by atoms with E-state index < -0.39 is 0 Å². The van der Waals surface area contributed by atoms with Gasteiger partial charge in [0.15, 0.2) is 5.82 Å². The number of aryl methyl sites for hydroxylation is 2. The van der Waals surface area contributed by atoms with Crippen LogP contribution in [0.1, 0.15) is 81.1 Å². The van der Waals surface area contributed by atoms with Crippen LogP contribution in [0.15, 0.2) is 28.8 Å². The fraction of sp³-hybridized carbons (Fsp3) is 0.619. The van der Waals surface area contributed by atoms with Crippen molar-refractivity contribution < 1.29 is 4.52 Å². The number of unbranched alkanes of at least 4 members (excludes halogenated alkanes) is 6. The van der Waals surface area contributed by atoms with Crippen molar-refractivity contribution in [3.05, 3.63) is 47.1 Å². The van der Waals surface area contributed by atoms with Crippen LogP contribution in [0.2, 0.25) is 0 Å². The fourth-order valence-electron chi connectivity index (χ4n) is 3.01. The summed E-state index contributed by atoms with van der Waals surface area (Å²) in [7, 11) is 0. The van der Waals surface area contributed by atoms with Crippen LogP contribution in [0.25, 0.3) is 0 Å². The fourth-order valence-corrected chi connectivity index (χ4v) is 3.01. The average Bonchev–Trinajstić information content (AvgIpc) is 3.08. The molecular formula is C21H33N3O. The second kappa shape index (κ2) is 11.8. The Morgan fingerprint density at radius 1 is 0.840 bits per heavy atom. The maximum atomic E-state index is 5.50. The first-order valence-electron chi connectivity index (χ1n) is 9.91. The highest BCUT2D eigenvalue weighted by Crippen LogP contribution is 2.13. The van der Waals surface area contributed by atoms with Gasteiger partial charge in [0.05, 0.1) is 0 Å². The maximum Gasteiger partial charge on any atom is 0.226 e. The molecule has 4 heteroatoms. The standard InChI is InChI=1S/C21H33N3O/c1-2-3-4-5-6-7-8-10-18-12-14-19(15-13-18)17-20-23-21(25-24-20)11-9-16-22/h12-15H,2-11,16-17,22H2,1H3. The summed E-state index contributed by atoms with van der Waals surface area (Å²) >= 11 is 0. The number of nitrogens with zero attached hydrogens (tertiary/aromatic N) is 2. The van der Waals surface area contributed by atoms with Crippen LogP contribution >= 0.6 is 0 Å². The Morgan fingerprint density at radius 3 is 2.24 bits per heavy atom. The molecule has 0 spiro atoms. The van der Waals surface area contributed by atoms with Crippen LogP contribution in [0, 0.1) is 0 Å². The van der Waals surface area contributed by atoms with Crippen molar-refractivity contribution in [1.29, 1.82) is 0 Å². The number of aromatic nitrogens is 2. The van der Waals surface area contributed by atoms with Gasteiger partial charge in [0.25, 0.3) is 0 Å². The van der Waals surface area contributed by atoms with Gasteiger partial charge in [-0.2, -0.15) is 4.98 Å². The van der Waals surface area contributed by atoms with E-state index >= 15 is 0 Å². The number of hydrogen-bond donors (Lipinski definition) is 1. The largest absolute Gasteiger partial charge is 0.339 e. The molecule has 0 aliphatic rings. The van der Waals surface area contributed by atoms with E-state index in [-0.39, 0.29) is 0 Å². The molecule has 1 aromatic carbocycles. The molecule has 2 N–H and O–H groups in total. The Labute approximate surface area is 152 Å². The first kappa shape index (κ1) is 19.6. The van der Waals surface area contributed by atoms with Gasteiger partial charge in [-0.15, -0.1) is 0 Å². The molecule has 2 rings (SSSR count). The average molecular weight is 344 g/mol. The second-order valence-corrected chi connectivity index (χ2v) is 6.86. The predicted molar refractivity (Wildman–Crippen MR) is 103 cm³/mol. The Hall–Kier alpha value is -1.68. The smallest absolute Gasteiger partial charge is 0.226 e. The van der Waals surface area contributed by atoms with Crippen LogP contribution < -0.4 is 5.73 Å². The highest BCUT2D eigenvalue weighted by Gasteiger charge is 2.07. The third-order valence-electron chi connectivity index (χ3n) is 4.56. The van der Waals surface area contributed by atoms with Gasteiger partial charge >= 0.3 is 0 Å². The summed E-state index contributed by atoms with van der Waals surface area (Å²) in [5.74, 6) is 1.45. The summed E-state index contributed by atoms with van der Waals surface area (Å²) in [5, 5.41) is 4.05. The number of benzene rings is 1. The highest BCUT2D eigenvalue weighted by atomic mass is 16.5. The Bertz CT molecular complexity index is 577. The summed E-state index contributed by atoms with van der Waals surface area (Å²) in [6.07, 6.45) is 13.1. The Balaban J connectivity index is 1.68. The lowest BCUT2D eigenvalue weighted by Crippen LogP contribution is -2.00. The van der Waals surface area contributed by atoms with Crippen molar-refractivity contribution in [2.24, 2.45) is 5.73 Å². The van der Waals surface area contributed by atoms with Crippen molar-refractivity contribution in [3.8, 4) is 0 Å². The van der Waals surface area contributed by atoms with E-state index in [1.54, 1.807) is 0 Å². The molecule has 25 heavy (non-hydrogen) atoms. The summed E-state index contributed by atoms with van der Waals surface area (Å²) in [6.45, 7) is 2.92. The Kier molecular flexibility index (Phi) is 9.27. The van der Waals surface area contributed by atoms with Gasteiger partial charge in [-0.1, -0.05) is 74.9 Å². The van der Waals surface area contributed by atoms with Crippen LogP contribution in [0.4, 0.5) is 0 Å². The minimum absolute atomic E-state index is 0.651. The summed E-state index contributed by atoms with van der Waals surface area (Å²) in [6, 6.07) is 8.85. The molecule has 2 aromatic rings. The lowest BCUT2D eigenvalue weighted by atomic mass is 10.0. The summed E-state index contributed by atoms with van der Waals surface area (Å²) in [5.41, 5.74) is 8.16.